The van der Waals surface area contributed by atoms with Gasteiger partial charge in [0, 0.05) is 26.2 Å². The van der Waals surface area contributed by atoms with Crippen molar-refractivity contribution in [2.75, 3.05) is 45.8 Å². The lowest BCUT2D eigenvalue weighted by Gasteiger charge is -2.39. The van der Waals surface area contributed by atoms with Gasteiger partial charge >= 0.3 is 6.09 Å². The van der Waals surface area contributed by atoms with Crippen LogP contribution in [0, 0.1) is 19.8 Å². The molecule has 178 valence electrons. The van der Waals surface area contributed by atoms with Crippen LogP contribution in [0.5, 0.6) is 0 Å². The minimum atomic E-state index is -0.463. The number of aromatic nitrogens is 1. The molecule has 1 amide bonds. The summed E-state index contributed by atoms with van der Waals surface area (Å²) in [6.07, 6.45) is 2.10. The number of hydrogen-bond donors (Lipinski definition) is 1. The molecular weight excluding hydrogens is 408 g/mol. The van der Waals surface area contributed by atoms with E-state index in [1.54, 1.807) is 0 Å². The lowest BCUT2D eigenvalue weighted by Crippen LogP contribution is -2.58. The number of carbonyl (C=O) groups is 1. The molecule has 1 aromatic rings. The molecule has 2 saturated heterocycles. The van der Waals surface area contributed by atoms with Gasteiger partial charge in [0.1, 0.15) is 11.4 Å². The Balaban J connectivity index is 1.18. The van der Waals surface area contributed by atoms with E-state index in [-0.39, 0.29) is 12.1 Å². The van der Waals surface area contributed by atoms with E-state index in [2.05, 4.69) is 20.1 Å². The molecule has 32 heavy (non-hydrogen) atoms. The Morgan fingerprint density at radius 2 is 1.94 bits per heavy atom. The van der Waals surface area contributed by atoms with Gasteiger partial charge in [-0.25, -0.2) is 9.78 Å². The maximum Gasteiger partial charge on any atom is 0.410 e. The van der Waals surface area contributed by atoms with Gasteiger partial charge in [0.2, 0.25) is 5.89 Å². The van der Waals surface area contributed by atoms with Crippen LogP contribution in [0.2, 0.25) is 0 Å². The Bertz CT molecular complexity index is 818. The van der Waals surface area contributed by atoms with Crippen LogP contribution in [-0.4, -0.2) is 89.2 Å². The number of fused-ring (bicyclic) bond motifs is 1. The predicted octanol–water partition coefficient (Wildman–Crippen LogP) is 2.38. The Hall–Kier alpha value is -2.29. The average Bonchev–Trinajstić information content (AvgIpc) is 3.28. The number of nitrogens with one attached hydrogen (secondary N) is 1. The van der Waals surface area contributed by atoms with Gasteiger partial charge in [-0.1, -0.05) is 0 Å². The normalized spacial score (nSPS) is 22.7. The summed E-state index contributed by atoms with van der Waals surface area (Å²) < 4.78 is 11.3. The third kappa shape index (κ3) is 5.54. The highest BCUT2D eigenvalue weighted by Crippen LogP contribution is 2.21. The van der Waals surface area contributed by atoms with Gasteiger partial charge in [-0.05, 0) is 66.5 Å². The minimum absolute atomic E-state index is 0.222. The molecule has 1 atom stereocenters. The summed E-state index contributed by atoms with van der Waals surface area (Å²) in [5, 5.41) is 3.60. The summed E-state index contributed by atoms with van der Waals surface area (Å²) >= 11 is 0. The molecule has 0 bridgehead atoms. The Morgan fingerprint density at radius 1 is 1.19 bits per heavy atom. The van der Waals surface area contributed by atoms with Crippen molar-refractivity contribution < 1.29 is 13.9 Å². The number of aryl methyl sites for hydroxylation is 2. The van der Waals surface area contributed by atoms with Crippen molar-refractivity contribution in [2.24, 2.45) is 10.9 Å². The largest absolute Gasteiger partial charge is 0.444 e. The summed E-state index contributed by atoms with van der Waals surface area (Å²) in [5.74, 6) is 3.38. The number of aliphatic imine (C=N–C) groups is 1. The van der Waals surface area contributed by atoms with Gasteiger partial charge in [0.15, 0.2) is 5.96 Å². The zero-order chi connectivity index (χ0) is 22.9. The number of carbonyl (C=O) groups excluding carboxylic acids is 1. The van der Waals surface area contributed by atoms with E-state index in [0.717, 1.165) is 75.4 Å². The highest BCUT2D eigenvalue weighted by atomic mass is 16.6. The molecule has 9 nitrogen and oxygen atoms in total. The van der Waals surface area contributed by atoms with Gasteiger partial charge in [0.25, 0.3) is 0 Å². The monoisotopic (exact) mass is 446 g/mol. The van der Waals surface area contributed by atoms with Crippen LogP contribution in [0.1, 0.15) is 51.0 Å². The molecule has 2 fully saturated rings. The van der Waals surface area contributed by atoms with E-state index in [4.69, 9.17) is 14.1 Å². The number of ether oxygens (including phenoxy) is 1. The maximum atomic E-state index is 12.4. The summed E-state index contributed by atoms with van der Waals surface area (Å²) in [7, 11) is 0. The second kappa shape index (κ2) is 9.29. The molecule has 4 heterocycles. The number of piperazine rings is 1. The number of nitrogens with zero attached hydrogens (tertiary/aromatic N) is 5. The van der Waals surface area contributed by atoms with Crippen LogP contribution in [0.3, 0.4) is 0 Å². The van der Waals surface area contributed by atoms with Gasteiger partial charge < -0.3 is 24.3 Å². The second-order valence-corrected chi connectivity index (χ2v) is 10.3. The van der Waals surface area contributed by atoms with E-state index in [9.17, 15) is 4.79 Å². The Morgan fingerprint density at radius 3 is 2.59 bits per heavy atom. The van der Waals surface area contributed by atoms with E-state index >= 15 is 0 Å². The minimum Gasteiger partial charge on any atom is -0.444 e. The van der Waals surface area contributed by atoms with Crippen molar-refractivity contribution in [3.05, 3.63) is 17.3 Å². The maximum absolute atomic E-state index is 12.4. The molecule has 0 aliphatic carbocycles. The first-order chi connectivity index (χ1) is 15.2. The van der Waals surface area contributed by atoms with Crippen LogP contribution in [0.25, 0.3) is 0 Å². The lowest BCUT2D eigenvalue weighted by molar-refractivity contribution is 0.0137. The molecule has 9 heteroatoms. The predicted molar refractivity (Wildman–Crippen MR) is 123 cm³/mol. The quantitative estimate of drug-likeness (QED) is 0.760. The first kappa shape index (κ1) is 22.9. The van der Waals surface area contributed by atoms with Gasteiger partial charge in [-0.2, -0.15) is 0 Å². The SMILES string of the molecule is Cc1nc(CN2CCC(CNC3=NCC4CN(C(=O)OC(C)(C)C)CCN34)CC2)oc1C. The van der Waals surface area contributed by atoms with Crippen molar-refractivity contribution >= 4 is 12.1 Å². The highest BCUT2D eigenvalue weighted by Gasteiger charge is 2.36. The first-order valence-electron chi connectivity index (χ1n) is 11.9. The molecule has 0 aromatic carbocycles. The fourth-order valence-electron chi connectivity index (χ4n) is 4.61. The number of likely N-dealkylation sites (tertiary alicyclic amines) is 1. The van der Waals surface area contributed by atoms with Crippen LogP contribution in [0.15, 0.2) is 9.41 Å². The van der Waals surface area contributed by atoms with Crippen LogP contribution < -0.4 is 5.32 Å². The summed E-state index contributed by atoms with van der Waals surface area (Å²) in [6, 6.07) is 0.244. The standard InChI is InChI=1S/C23H38N6O3/c1-16-17(2)31-20(26-16)15-27-8-6-18(7-9-27)12-24-21-25-13-19-14-28(10-11-29(19)21)22(30)32-23(3,4)5/h18-19H,6-15H2,1-5H3,(H,24,25). The Labute approximate surface area is 191 Å². The summed E-state index contributed by atoms with van der Waals surface area (Å²) in [5.41, 5.74) is 0.524. The first-order valence-corrected chi connectivity index (χ1v) is 11.9. The van der Waals surface area contributed by atoms with Gasteiger partial charge in [-0.3, -0.25) is 9.89 Å². The number of rotatable bonds is 4. The molecule has 1 unspecified atom stereocenters. The average molecular weight is 447 g/mol. The topological polar surface area (TPSA) is 86.4 Å². The van der Waals surface area contributed by atoms with E-state index in [1.165, 1.54) is 0 Å². The van der Waals surface area contributed by atoms with Crippen LogP contribution >= 0.6 is 0 Å². The van der Waals surface area contributed by atoms with Crippen molar-refractivity contribution in [1.82, 2.24) is 25.0 Å². The second-order valence-electron chi connectivity index (χ2n) is 10.3. The van der Waals surface area contributed by atoms with Crippen LogP contribution in [0.4, 0.5) is 4.79 Å². The van der Waals surface area contributed by atoms with E-state index < -0.39 is 5.60 Å². The third-order valence-corrected chi connectivity index (χ3v) is 6.55. The number of oxazole rings is 1. The summed E-state index contributed by atoms with van der Waals surface area (Å²) in [6.45, 7) is 16.4. The van der Waals surface area contributed by atoms with E-state index in [1.807, 2.05) is 39.5 Å². The third-order valence-electron chi connectivity index (χ3n) is 6.55. The van der Waals surface area contributed by atoms with E-state index in [0.29, 0.717) is 19.0 Å². The van der Waals surface area contributed by atoms with Crippen molar-refractivity contribution in [3.8, 4) is 0 Å². The summed E-state index contributed by atoms with van der Waals surface area (Å²) in [4.78, 5) is 28.2. The fourth-order valence-corrected chi connectivity index (χ4v) is 4.61. The number of hydrogen-bond acceptors (Lipinski definition) is 8. The molecule has 4 rings (SSSR count). The molecule has 1 aromatic heterocycles. The van der Waals surface area contributed by atoms with Gasteiger partial charge in [0.05, 0.1) is 24.8 Å². The fraction of sp³-hybridized carbons (Fsp3) is 0.783. The van der Waals surface area contributed by atoms with Crippen molar-refractivity contribution in [2.45, 2.75) is 65.6 Å². The van der Waals surface area contributed by atoms with Crippen molar-refractivity contribution in [1.29, 1.82) is 0 Å². The van der Waals surface area contributed by atoms with Crippen LogP contribution in [-0.2, 0) is 11.3 Å². The zero-order valence-corrected chi connectivity index (χ0v) is 20.2. The molecule has 0 saturated carbocycles. The zero-order valence-electron chi connectivity index (χ0n) is 20.2. The molecule has 1 N–H and O–H groups in total. The van der Waals surface area contributed by atoms with Gasteiger partial charge in [-0.15, -0.1) is 0 Å². The molecular formula is C23H38N6O3. The van der Waals surface area contributed by atoms with Crippen molar-refractivity contribution in [3.63, 3.8) is 0 Å². The molecule has 0 radical (unpaired) electrons. The number of amides is 1. The lowest BCUT2D eigenvalue weighted by atomic mass is 9.97. The number of guanidine groups is 1. The molecule has 3 aliphatic rings. The molecule has 3 aliphatic heterocycles. The molecule has 0 spiro atoms. The smallest absolute Gasteiger partial charge is 0.410 e. The Kier molecular flexibility index (Phi) is 6.65. The number of piperidine rings is 1. The highest BCUT2D eigenvalue weighted by molar-refractivity contribution is 5.82.